The van der Waals surface area contributed by atoms with Gasteiger partial charge in [0.2, 0.25) is 0 Å². The van der Waals surface area contributed by atoms with E-state index in [2.05, 4.69) is 12.2 Å². The third-order valence-corrected chi connectivity index (χ3v) is 3.27. The first-order chi connectivity index (χ1) is 7.74. The number of ketones is 1. The molecule has 0 saturated heterocycles. The molecule has 2 heterocycles. The molecule has 0 aliphatic carbocycles. The van der Waals surface area contributed by atoms with E-state index in [1.54, 1.807) is 0 Å². The molecule has 0 aromatic heterocycles. The highest BCUT2D eigenvalue weighted by atomic mass is 16.5. The van der Waals surface area contributed by atoms with E-state index in [-0.39, 0.29) is 6.10 Å². The van der Waals surface area contributed by atoms with Crippen molar-refractivity contribution in [3.05, 3.63) is 23.3 Å². The summed E-state index contributed by atoms with van der Waals surface area (Å²) in [6.45, 7) is 2.82. The fourth-order valence-electron chi connectivity index (χ4n) is 2.53. The van der Waals surface area contributed by atoms with Gasteiger partial charge in [-0.15, -0.1) is 0 Å². The lowest BCUT2D eigenvalue weighted by atomic mass is 10.0. The summed E-state index contributed by atoms with van der Waals surface area (Å²) in [7, 11) is 0. The van der Waals surface area contributed by atoms with Crippen LogP contribution in [0.1, 0.15) is 24.5 Å². The molecule has 1 aromatic rings. The van der Waals surface area contributed by atoms with Crippen molar-refractivity contribution in [3.8, 4) is 5.75 Å². The molecule has 3 nitrogen and oxygen atoms in total. The van der Waals surface area contributed by atoms with Crippen molar-refractivity contribution in [3.63, 3.8) is 0 Å². The van der Waals surface area contributed by atoms with Gasteiger partial charge >= 0.3 is 0 Å². The Balaban J connectivity index is 2.08. The van der Waals surface area contributed by atoms with Crippen LogP contribution in [0, 0.1) is 0 Å². The Kier molecular flexibility index (Phi) is 2.13. The molecule has 1 unspecified atom stereocenters. The van der Waals surface area contributed by atoms with E-state index < -0.39 is 0 Å². The van der Waals surface area contributed by atoms with Crippen LogP contribution in [0.4, 0.5) is 5.69 Å². The van der Waals surface area contributed by atoms with Crippen LogP contribution in [0.5, 0.6) is 5.75 Å². The Morgan fingerprint density at radius 2 is 2.31 bits per heavy atom. The number of ether oxygens (including phenoxy) is 1. The van der Waals surface area contributed by atoms with Crippen molar-refractivity contribution in [1.82, 2.24) is 0 Å². The molecule has 0 spiro atoms. The molecular weight excluding hydrogens is 202 g/mol. The maximum atomic E-state index is 11.5. The Bertz CT molecular complexity index is 453. The molecule has 1 atom stereocenters. The minimum atomic E-state index is 0.252. The van der Waals surface area contributed by atoms with Crippen LogP contribution < -0.4 is 10.1 Å². The largest absolute Gasteiger partial charge is 0.490 e. The van der Waals surface area contributed by atoms with E-state index in [9.17, 15) is 4.79 Å². The van der Waals surface area contributed by atoms with Crippen molar-refractivity contribution in [2.75, 3.05) is 11.9 Å². The zero-order chi connectivity index (χ0) is 11.1. The van der Waals surface area contributed by atoms with Crippen LogP contribution in [0.25, 0.3) is 0 Å². The molecule has 2 aliphatic heterocycles. The fraction of sp³-hybridized carbons (Fsp3) is 0.462. The number of nitrogens with one attached hydrogen (secondary N) is 1. The number of hydrogen-bond acceptors (Lipinski definition) is 3. The Morgan fingerprint density at radius 3 is 3.19 bits per heavy atom. The van der Waals surface area contributed by atoms with Gasteiger partial charge in [0.05, 0.1) is 0 Å². The molecule has 1 aromatic carbocycles. The number of anilines is 1. The average molecular weight is 217 g/mol. The van der Waals surface area contributed by atoms with Crippen LogP contribution in [-0.2, 0) is 17.6 Å². The summed E-state index contributed by atoms with van der Waals surface area (Å²) in [5.41, 5.74) is 3.52. The van der Waals surface area contributed by atoms with E-state index in [0.29, 0.717) is 18.6 Å². The summed E-state index contributed by atoms with van der Waals surface area (Å²) >= 11 is 0. The molecule has 3 rings (SSSR count). The van der Waals surface area contributed by atoms with Gasteiger partial charge in [0.15, 0.2) is 0 Å². The van der Waals surface area contributed by atoms with Crippen LogP contribution in [0.15, 0.2) is 12.1 Å². The second-order valence-corrected chi connectivity index (χ2v) is 4.60. The lowest BCUT2D eigenvalue weighted by Gasteiger charge is -2.11. The molecule has 0 amide bonds. The zero-order valence-electron chi connectivity index (χ0n) is 9.38. The number of carbonyl (C=O) groups is 1. The molecule has 2 aliphatic rings. The minimum Gasteiger partial charge on any atom is -0.490 e. The van der Waals surface area contributed by atoms with Crippen LogP contribution in [-0.4, -0.2) is 18.4 Å². The lowest BCUT2D eigenvalue weighted by Crippen LogP contribution is -2.06. The smallest absolute Gasteiger partial charge is 0.139 e. The standard InChI is InChI=1S/C13H15NO2/c1-8-6-11-12(16-8)3-2-9-7-10(15)4-5-14-13(9)11/h2-3,8,14H,4-7H2,1H3. The normalized spacial score (nSPS) is 22.8. The Hall–Kier alpha value is -1.51. The third kappa shape index (κ3) is 1.47. The van der Waals surface area contributed by atoms with Gasteiger partial charge in [0.25, 0.3) is 0 Å². The summed E-state index contributed by atoms with van der Waals surface area (Å²) in [6, 6.07) is 4.01. The highest BCUT2D eigenvalue weighted by Gasteiger charge is 2.25. The zero-order valence-corrected chi connectivity index (χ0v) is 9.38. The number of hydrogen-bond donors (Lipinski definition) is 1. The monoisotopic (exact) mass is 217 g/mol. The summed E-state index contributed by atoms with van der Waals surface area (Å²) in [6.07, 6.45) is 2.38. The highest BCUT2D eigenvalue weighted by Crippen LogP contribution is 2.37. The van der Waals surface area contributed by atoms with E-state index in [1.807, 2.05) is 12.1 Å². The van der Waals surface area contributed by atoms with Crippen molar-refractivity contribution < 1.29 is 9.53 Å². The van der Waals surface area contributed by atoms with Crippen LogP contribution in [0.3, 0.4) is 0 Å². The number of Topliss-reactive ketones (excluding diaryl/α,β-unsaturated/α-hetero) is 1. The number of benzene rings is 1. The third-order valence-electron chi connectivity index (χ3n) is 3.27. The van der Waals surface area contributed by atoms with Crippen molar-refractivity contribution >= 4 is 11.5 Å². The van der Waals surface area contributed by atoms with Gasteiger partial charge in [0.1, 0.15) is 17.6 Å². The molecule has 0 saturated carbocycles. The first-order valence-corrected chi connectivity index (χ1v) is 5.81. The van der Waals surface area contributed by atoms with Gasteiger partial charge in [-0.1, -0.05) is 6.07 Å². The summed E-state index contributed by atoms with van der Waals surface area (Å²) < 4.78 is 5.72. The summed E-state index contributed by atoms with van der Waals surface area (Å²) in [5, 5.41) is 3.38. The fourth-order valence-corrected chi connectivity index (χ4v) is 2.53. The second-order valence-electron chi connectivity index (χ2n) is 4.60. The molecule has 0 radical (unpaired) electrons. The molecule has 0 fully saturated rings. The van der Waals surface area contributed by atoms with Gasteiger partial charge in [-0.05, 0) is 18.6 Å². The van der Waals surface area contributed by atoms with E-state index in [0.717, 1.165) is 30.0 Å². The predicted octanol–water partition coefficient (Wildman–Crippen LogP) is 1.94. The Labute approximate surface area is 94.8 Å². The van der Waals surface area contributed by atoms with Gasteiger partial charge in [-0.3, -0.25) is 4.79 Å². The quantitative estimate of drug-likeness (QED) is 0.721. The molecule has 3 heteroatoms. The van der Waals surface area contributed by atoms with Gasteiger partial charge < -0.3 is 10.1 Å². The SMILES string of the molecule is CC1Cc2c(ccc3c2NCCC(=O)C3)O1. The van der Waals surface area contributed by atoms with E-state index in [1.165, 1.54) is 5.56 Å². The number of rotatable bonds is 0. The van der Waals surface area contributed by atoms with Crippen molar-refractivity contribution in [2.24, 2.45) is 0 Å². The summed E-state index contributed by atoms with van der Waals surface area (Å²) in [4.78, 5) is 11.5. The summed E-state index contributed by atoms with van der Waals surface area (Å²) in [5.74, 6) is 1.30. The number of fused-ring (bicyclic) bond motifs is 3. The van der Waals surface area contributed by atoms with Gasteiger partial charge in [0, 0.05) is 37.1 Å². The molecule has 1 N–H and O–H groups in total. The maximum Gasteiger partial charge on any atom is 0.139 e. The Morgan fingerprint density at radius 1 is 1.44 bits per heavy atom. The van der Waals surface area contributed by atoms with Crippen LogP contribution in [0.2, 0.25) is 0 Å². The van der Waals surface area contributed by atoms with Gasteiger partial charge in [-0.2, -0.15) is 0 Å². The highest BCUT2D eigenvalue weighted by molar-refractivity contribution is 5.85. The predicted molar refractivity (Wildman–Crippen MR) is 62.1 cm³/mol. The van der Waals surface area contributed by atoms with E-state index in [4.69, 9.17) is 4.74 Å². The molecule has 16 heavy (non-hydrogen) atoms. The van der Waals surface area contributed by atoms with Crippen LogP contribution >= 0.6 is 0 Å². The van der Waals surface area contributed by atoms with Crippen molar-refractivity contribution in [1.29, 1.82) is 0 Å². The lowest BCUT2D eigenvalue weighted by molar-refractivity contribution is -0.118. The molecular formula is C13H15NO2. The topological polar surface area (TPSA) is 38.3 Å². The van der Waals surface area contributed by atoms with Gasteiger partial charge in [-0.25, -0.2) is 0 Å². The molecule has 0 bridgehead atoms. The average Bonchev–Trinajstić information content (AvgIpc) is 2.50. The molecule has 84 valence electrons. The first-order valence-electron chi connectivity index (χ1n) is 5.81. The maximum absolute atomic E-state index is 11.5. The van der Waals surface area contributed by atoms with Crippen molar-refractivity contribution in [2.45, 2.75) is 32.3 Å². The number of carbonyl (C=O) groups excluding carboxylic acids is 1. The minimum absolute atomic E-state index is 0.252. The second kappa shape index (κ2) is 3.51. The first kappa shape index (κ1) is 9.70. The van der Waals surface area contributed by atoms with E-state index >= 15 is 0 Å².